The van der Waals surface area contributed by atoms with Crippen molar-refractivity contribution in [2.24, 2.45) is 0 Å². The number of hydrazine groups is 1. The highest BCUT2D eigenvalue weighted by Crippen LogP contribution is 2.40. The van der Waals surface area contributed by atoms with Gasteiger partial charge in [-0.1, -0.05) is 24.3 Å². The van der Waals surface area contributed by atoms with Gasteiger partial charge in [-0.3, -0.25) is 19.8 Å². The largest absolute Gasteiger partial charge is 0.340 e. The third-order valence-corrected chi connectivity index (χ3v) is 7.62. The molecule has 2 aromatic carbocycles. The smallest absolute Gasteiger partial charge is 0.251 e. The standard InChI is InChI=1S/C30H33F2N7O3/c31-23-9-7-20(8-10-23)25-16-27(25)33-11-1-2-26(30(42)38-12-14-39(15-13-38)36-19-40)37-29(41)22-5-3-21(4-6-22)28-34-17-24(32)18-35-28/h3-10,17-19,25-27,33H,1-2,11-16H2,(H,36,40)(H,37,41)/t25-,26-,27+/m0/s1. The Morgan fingerprint density at radius 2 is 1.64 bits per heavy atom. The zero-order valence-corrected chi connectivity index (χ0v) is 23.0. The molecule has 1 saturated heterocycles. The molecule has 1 aromatic heterocycles. The van der Waals surface area contributed by atoms with Crippen LogP contribution in [0, 0.1) is 11.6 Å². The molecule has 0 unspecified atom stereocenters. The van der Waals surface area contributed by atoms with Crippen molar-refractivity contribution in [3.63, 3.8) is 0 Å². The molecule has 2 aliphatic rings. The minimum absolute atomic E-state index is 0.166. The van der Waals surface area contributed by atoms with Crippen LogP contribution in [0.3, 0.4) is 0 Å². The van der Waals surface area contributed by atoms with Crippen LogP contribution < -0.4 is 16.1 Å². The van der Waals surface area contributed by atoms with Gasteiger partial charge in [0.25, 0.3) is 5.91 Å². The number of amides is 3. The van der Waals surface area contributed by atoms with Crippen LogP contribution in [-0.2, 0) is 9.59 Å². The number of halogens is 2. The van der Waals surface area contributed by atoms with Gasteiger partial charge in [0, 0.05) is 49.3 Å². The summed E-state index contributed by atoms with van der Waals surface area (Å²) in [5.41, 5.74) is 4.72. The number of hydrogen-bond acceptors (Lipinski definition) is 7. The SMILES string of the molecule is O=CNN1CCN(C(=O)[C@H](CCCN[C@@H]2C[C@H]2c2ccc(F)cc2)NC(=O)c2ccc(-c3ncc(F)cn3)cc2)CC1. The van der Waals surface area contributed by atoms with Gasteiger partial charge < -0.3 is 15.5 Å². The molecule has 5 rings (SSSR count). The fourth-order valence-corrected chi connectivity index (χ4v) is 5.17. The van der Waals surface area contributed by atoms with Crippen LogP contribution in [0.25, 0.3) is 11.4 Å². The highest BCUT2D eigenvalue weighted by molar-refractivity contribution is 5.97. The summed E-state index contributed by atoms with van der Waals surface area (Å²) in [6.45, 7) is 2.51. The Kier molecular flexibility index (Phi) is 9.45. The first kappa shape index (κ1) is 29.2. The van der Waals surface area contributed by atoms with E-state index in [9.17, 15) is 23.2 Å². The summed E-state index contributed by atoms with van der Waals surface area (Å²) in [6.07, 6.45) is 4.85. The van der Waals surface area contributed by atoms with E-state index in [-0.39, 0.29) is 17.6 Å². The number of benzene rings is 2. The Bertz CT molecular complexity index is 1370. The molecule has 2 fully saturated rings. The summed E-state index contributed by atoms with van der Waals surface area (Å²) in [5.74, 6) is -0.645. The number of piperazine rings is 1. The van der Waals surface area contributed by atoms with E-state index in [1.54, 1.807) is 34.2 Å². The highest BCUT2D eigenvalue weighted by Gasteiger charge is 2.37. The summed E-state index contributed by atoms with van der Waals surface area (Å²) in [4.78, 5) is 47.1. The fourth-order valence-electron chi connectivity index (χ4n) is 5.17. The Labute approximate surface area is 242 Å². The van der Waals surface area contributed by atoms with Crippen LogP contribution in [0.4, 0.5) is 8.78 Å². The number of hydrogen-bond donors (Lipinski definition) is 3. The summed E-state index contributed by atoms with van der Waals surface area (Å²) in [6, 6.07) is 12.7. The molecule has 1 aliphatic carbocycles. The van der Waals surface area contributed by atoms with E-state index in [0.717, 1.165) is 24.4 Å². The van der Waals surface area contributed by atoms with E-state index in [1.807, 2.05) is 12.1 Å². The van der Waals surface area contributed by atoms with Crippen molar-refractivity contribution >= 4 is 18.2 Å². The Morgan fingerprint density at radius 1 is 0.952 bits per heavy atom. The average Bonchev–Trinajstić information content (AvgIpc) is 3.79. The lowest BCUT2D eigenvalue weighted by molar-refractivity contribution is -0.135. The van der Waals surface area contributed by atoms with Crippen molar-refractivity contribution in [2.75, 3.05) is 32.7 Å². The van der Waals surface area contributed by atoms with Gasteiger partial charge in [0.2, 0.25) is 12.3 Å². The monoisotopic (exact) mass is 577 g/mol. The van der Waals surface area contributed by atoms with Gasteiger partial charge in [-0.15, -0.1) is 0 Å². The van der Waals surface area contributed by atoms with Crippen molar-refractivity contribution < 1.29 is 23.2 Å². The first-order valence-corrected chi connectivity index (χ1v) is 14.0. The van der Waals surface area contributed by atoms with E-state index in [2.05, 4.69) is 26.0 Å². The zero-order valence-electron chi connectivity index (χ0n) is 23.0. The predicted molar refractivity (Wildman–Crippen MR) is 151 cm³/mol. The molecule has 220 valence electrons. The van der Waals surface area contributed by atoms with Crippen LogP contribution in [0.1, 0.15) is 41.1 Å². The molecule has 2 heterocycles. The molecule has 42 heavy (non-hydrogen) atoms. The molecule has 0 radical (unpaired) electrons. The normalized spacial score (nSPS) is 19.1. The lowest BCUT2D eigenvalue weighted by Gasteiger charge is -2.35. The summed E-state index contributed by atoms with van der Waals surface area (Å²) >= 11 is 0. The maximum absolute atomic E-state index is 13.5. The molecule has 0 bridgehead atoms. The minimum Gasteiger partial charge on any atom is -0.340 e. The van der Waals surface area contributed by atoms with Crippen molar-refractivity contribution in [2.45, 2.75) is 37.3 Å². The second-order valence-corrected chi connectivity index (χ2v) is 10.5. The molecule has 10 nitrogen and oxygen atoms in total. The van der Waals surface area contributed by atoms with Crippen LogP contribution in [0.2, 0.25) is 0 Å². The summed E-state index contributed by atoms with van der Waals surface area (Å²) in [5, 5.41) is 8.17. The van der Waals surface area contributed by atoms with E-state index in [4.69, 9.17) is 0 Å². The first-order valence-electron chi connectivity index (χ1n) is 14.0. The van der Waals surface area contributed by atoms with Gasteiger partial charge >= 0.3 is 0 Å². The van der Waals surface area contributed by atoms with Crippen LogP contribution >= 0.6 is 0 Å². The van der Waals surface area contributed by atoms with E-state index in [1.165, 1.54) is 12.1 Å². The molecule has 3 atom stereocenters. The van der Waals surface area contributed by atoms with Crippen LogP contribution in [0.15, 0.2) is 60.9 Å². The maximum Gasteiger partial charge on any atom is 0.251 e. The molecule has 0 spiro atoms. The number of carbonyl (C=O) groups is 3. The Hall–Kier alpha value is -4.29. The van der Waals surface area contributed by atoms with Gasteiger partial charge in [-0.25, -0.2) is 23.8 Å². The quantitative estimate of drug-likeness (QED) is 0.223. The lowest BCUT2D eigenvalue weighted by atomic mass is 10.1. The van der Waals surface area contributed by atoms with Crippen LogP contribution in [0.5, 0.6) is 0 Å². The molecule has 12 heteroatoms. The Balaban J connectivity index is 1.18. The number of rotatable bonds is 12. The number of nitrogens with one attached hydrogen (secondary N) is 3. The van der Waals surface area contributed by atoms with E-state index >= 15 is 0 Å². The van der Waals surface area contributed by atoms with Crippen LogP contribution in [-0.4, -0.2) is 82.9 Å². The van der Waals surface area contributed by atoms with Gasteiger partial charge in [0.15, 0.2) is 11.6 Å². The molecular weight excluding hydrogens is 544 g/mol. The Morgan fingerprint density at radius 3 is 2.31 bits per heavy atom. The molecular formula is C30H33F2N7O3. The lowest BCUT2D eigenvalue weighted by Crippen LogP contribution is -2.57. The molecule has 3 aromatic rings. The average molecular weight is 578 g/mol. The van der Waals surface area contributed by atoms with E-state index < -0.39 is 11.9 Å². The minimum atomic E-state index is -0.725. The predicted octanol–water partition coefficient (Wildman–Crippen LogP) is 2.25. The molecule has 3 amide bonds. The number of aromatic nitrogens is 2. The van der Waals surface area contributed by atoms with Crippen molar-refractivity contribution in [3.8, 4) is 11.4 Å². The van der Waals surface area contributed by atoms with E-state index in [0.29, 0.717) is 80.9 Å². The van der Waals surface area contributed by atoms with Gasteiger partial charge in [-0.05, 0) is 55.6 Å². The summed E-state index contributed by atoms with van der Waals surface area (Å²) in [7, 11) is 0. The van der Waals surface area contributed by atoms with Crippen molar-refractivity contribution in [1.29, 1.82) is 0 Å². The summed E-state index contributed by atoms with van der Waals surface area (Å²) < 4.78 is 26.4. The number of carbonyl (C=O) groups excluding carboxylic acids is 3. The molecule has 1 saturated carbocycles. The first-order chi connectivity index (χ1) is 20.4. The number of nitrogens with zero attached hydrogens (tertiary/aromatic N) is 4. The molecule has 1 aliphatic heterocycles. The topological polar surface area (TPSA) is 120 Å². The second-order valence-electron chi connectivity index (χ2n) is 10.5. The van der Waals surface area contributed by atoms with Gasteiger partial charge in [0.05, 0.1) is 12.4 Å². The van der Waals surface area contributed by atoms with Gasteiger partial charge in [-0.2, -0.15) is 0 Å². The zero-order chi connectivity index (χ0) is 29.5. The highest BCUT2D eigenvalue weighted by atomic mass is 19.1. The fraction of sp³-hybridized carbons (Fsp3) is 0.367. The maximum atomic E-state index is 13.5. The van der Waals surface area contributed by atoms with Crippen molar-refractivity contribution in [1.82, 2.24) is 35.9 Å². The third kappa shape index (κ3) is 7.51. The van der Waals surface area contributed by atoms with Crippen molar-refractivity contribution in [3.05, 3.63) is 83.7 Å². The third-order valence-electron chi connectivity index (χ3n) is 7.62. The van der Waals surface area contributed by atoms with Gasteiger partial charge in [0.1, 0.15) is 11.9 Å². The second kappa shape index (κ2) is 13.6. The molecule has 3 N–H and O–H groups in total.